The summed E-state index contributed by atoms with van der Waals surface area (Å²) in [5.41, 5.74) is 2.44. The van der Waals surface area contributed by atoms with Crippen LogP contribution in [0.4, 0.5) is 5.69 Å². The van der Waals surface area contributed by atoms with Crippen LogP contribution in [0, 0.1) is 4.77 Å². The van der Waals surface area contributed by atoms with Crippen molar-refractivity contribution >= 4 is 40.6 Å². The number of benzene rings is 1. The van der Waals surface area contributed by atoms with Gasteiger partial charge in [-0.1, -0.05) is 0 Å². The van der Waals surface area contributed by atoms with Crippen molar-refractivity contribution in [3.63, 3.8) is 0 Å². The zero-order chi connectivity index (χ0) is 12.0. The number of H-pyrrole nitrogens is 2. The summed E-state index contributed by atoms with van der Waals surface area (Å²) in [4.78, 5) is 30.3. The Morgan fingerprint density at radius 3 is 2.65 bits per heavy atom. The topological polar surface area (TPSA) is 69.0 Å². The maximum absolute atomic E-state index is 11.6. The van der Waals surface area contributed by atoms with Crippen molar-refractivity contribution in [2.24, 2.45) is 0 Å². The summed E-state index contributed by atoms with van der Waals surface area (Å²) in [7, 11) is 0. The van der Waals surface area contributed by atoms with Crippen molar-refractivity contribution in [2.75, 3.05) is 11.4 Å². The van der Waals surface area contributed by atoms with Crippen LogP contribution in [0.3, 0.4) is 0 Å². The molecule has 0 saturated carbocycles. The molecule has 86 valence electrons. The molecule has 0 atom stereocenters. The van der Waals surface area contributed by atoms with Gasteiger partial charge in [-0.15, -0.1) is 0 Å². The Labute approximate surface area is 101 Å². The van der Waals surface area contributed by atoms with Crippen LogP contribution in [-0.2, 0) is 9.59 Å². The normalized spacial score (nSPS) is 16.1. The van der Waals surface area contributed by atoms with Gasteiger partial charge >= 0.3 is 0 Å². The third kappa shape index (κ3) is 1.66. The molecule has 1 aliphatic heterocycles. The molecular weight excluding hydrogens is 238 g/mol. The van der Waals surface area contributed by atoms with E-state index in [1.165, 1.54) is 4.90 Å². The van der Waals surface area contributed by atoms with Gasteiger partial charge in [0.1, 0.15) is 0 Å². The van der Waals surface area contributed by atoms with Crippen molar-refractivity contribution in [1.82, 2.24) is 9.97 Å². The molecule has 0 bridgehead atoms. The number of fused-ring (bicyclic) bond motifs is 1. The maximum atomic E-state index is 11.6. The fraction of sp³-hybridized carbons (Fsp3) is 0.182. The van der Waals surface area contributed by atoms with Crippen LogP contribution < -0.4 is 4.90 Å². The van der Waals surface area contributed by atoms with Crippen LogP contribution in [0.5, 0.6) is 0 Å². The Balaban J connectivity index is 2.08. The molecule has 1 aromatic carbocycles. The summed E-state index contributed by atoms with van der Waals surface area (Å²) in [5, 5.41) is 0. The van der Waals surface area contributed by atoms with Gasteiger partial charge in [-0.2, -0.15) is 0 Å². The molecule has 2 N–H and O–H groups in total. The summed E-state index contributed by atoms with van der Waals surface area (Å²) >= 11 is 4.99. The van der Waals surface area contributed by atoms with Gasteiger partial charge < -0.3 is 14.9 Å². The smallest absolute Gasteiger partial charge is 0.234 e. The lowest BCUT2D eigenvalue weighted by Gasteiger charge is -2.14. The van der Waals surface area contributed by atoms with E-state index < -0.39 is 0 Å². The first-order chi connectivity index (χ1) is 8.13. The van der Waals surface area contributed by atoms with E-state index in [0.717, 1.165) is 16.7 Å². The van der Waals surface area contributed by atoms with Gasteiger partial charge in [0, 0.05) is 5.69 Å². The Bertz CT molecular complexity index is 685. The molecule has 1 aromatic heterocycles. The summed E-state index contributed by atoms with van der Waals surface area (Å²) in [6.07, 6.45) is 0.00117. The number of rotatable bonds is 1. The number of aromatic nitrogens is 2. The van der Waals surface area contributed by atoms with Gasteiger partial charge in [-0.25, -0.2) is 0 Å². The number of imidazole rings is 1. The molecule has 5 nitrogen and oxygen atoms in total. The van der Waals surface area contributed by atoms with Crippen LogP contribution in [0.1, 0.15) is 6.42 Å². The molecule has 0 aliphatic carbocycles. The molecule has 1 aliphatic rings. The van der Waals surface area contributed by atoms with Gasteiger partial charge in [0.2, 0.25) is 5.91 Å². The first-order valence-corrected chi connectivity index (χ1v) is 5.58. The lowest BCUT2D eigenvalue weighted by molar-refractivity contribution is -0.121. The van der Waals surface area contributed by atoms with Crippen LogP contribution >= 0.6 is 12.2 Å². The number of hydrogen-bond donors (Lipinski definition) is 2. The van der Waals surface area contributed by atoms with E-state index in [1.807, 2.05) is 12.1 Å². The second kappa shape index (κ2) is 3.53. The summed E-state index contributed by atoms with van der Waals surface area (Å²) in [6.45, 7) is 0.162. The Kier molecular flexibility index (Phi) is 2.12. The van der Waals surface area contributed by atoms with Crippen molar-refractivity contribution in [3.05, 3.63) is 23.0 Å². The van der Waals surface area contributed by atoms with E-state index in [0.29, 0.717) is 4.77 Å². The van der Waals surface area contributed by atoms with Gasteiger partial charge in [-0.05, 0) is 30.4 Å². The van der Waals surface area contributed by atoms with Gasteiger partial charge in [-0.3, -0.25) is 9.59 Å². The number of anilines is 1. The molecule has 0 spiro atoms. The zero-order valence-electron chi connectivity index (χ0n) is 8.82. The van der Waals surface area contributed by atoms with Crippen LogP contribution in [0.25, 0.3) is 11.0 Å². The summed E-state index contributed by atoms with van der Waals surface area (Å²) in [5.74, 6) is -0.194. The van der Waals surface area contributed by atoms with Gasteiger partial charge in [0.15, 0.2) is 10.6 Å². The minimum Gasteiger partial charge on any atom is -0.331 e. The summed E-state index contributed by atoms with van der Waals surface area (Å²) < 4.78 is 0.543. The third-order valence-corrected chi connectivity index (χ3v) is 3.00. The molecule has 1 saturated heterocycles. The van der Waals surface area contributed by atoms with E-state index in [9.17, 15) is 9.59 Å². The Morgan fingerprint density at radius 1 is 1.18 bits per heavy atom. The minimum absolute atomic E-state index is 0.00117. The molecule has 17 heavy (non-hydrogen) atoms. The fourth-order valence-corrected chi connectivity index (χ4v) is 2.23. The minimum atomic E-state index is -0.150. The van der Waals surface area contributed by atoms with Crippen LogP contribution in [-0.4, -0.2) is 28.2 Å². The number of hydrogen-bond acceptors (Lipinski definition) is 3. The fourth-order valence-electron chi connectivity index (χ4n) is 2.01. The van der Waals surface area contributed by atoms with Crippen molar-refractivity contribution < 1.29 is 9.59 Å². The maximum Gasteiger partial charge on any atom is 0.234 e. The van der Waals surface area contributed by atoms with E-state index in [4.69, 9.17) is 12.2 Å². The number of carbonyl (C=O) groups excluding carboxylic acids is 2. The molecule has 0 unspecified atom stereocenters. The molecule has 1 amide bonds. The lowest BCUT2D eigenvalue weighted by atomic mass is 10.2. The Hall–Kier alpha value is -1.95. The predicted octanol–water partition coefficient (Wildman–Crippen LogP) is 1.53. The number of ketones is 1. The van der Waals surface area contributed by atoms with Crippen molar-refractivity contribution in [1.29, 1.82) is 0 Å². The molecule has 2 aromatic rings. The standard InChI is InChI=1S/C11H9N3O2S/c15-7-4-10(16)14(5-7)6-1-2-8-9(3-6)13-11(17)12-8/h1-3H,4-5H2,(H2,12,13,17). The van der Waals surface area contributed by atoms with Crippen molar-refractivity contribution in [2.45, 2.75) is 6.42 Å². The van der Waals surface area contributed by atoms with E-state index >= 15 is 0 Å². The molecular formula is C11H9N3O2S. The van der Waals surface area contributed by atoms with E-state index in [-0.39, 0.29) is 24.7 Å². The highest BCUT2D eigenvalue weighted by atomic mass is 32.1. The molecule has 3 rings (SSSR count). The molecule has 2 heterocycles. The number of nitrogens with zero attached hydrogens (tertiary/aromatic N) is 1. The Morgan fingerprint density at radius 2 is 1.94 bits per heavy atom. The SMILES string of the molecule is O=C1CC(=O)N(c2ccc3[nH]c(=S)[nH]c3c2)C1. The number of Topliss-reactive ketones (excluding diaryl/α,β-unsaturated/α-hetero) is 1. The van der Waals surface area contributed by atoms with E-state index in [1.54, 1.807) is 6.07 Å². The van der Waals surface area contributed by atoms with Crippen molar-refractivity contribution in [3.8, 4) is 0 Å². The number of amides is 1. The molecule has 0 radical (unpaired) electrons. The highest BCUT2D eigenvalue weighted by molar-refractivity contribution is 7.71. The first-order valence-electron chi connectivity index (χ1n) is 5.17. The highest BCUT2D eigenvalue weighted by Crippen LogP contribution is 2.23. The van der Waals surface area contributed by atoms with E-state index in [2.05, 4.69) is 9.97 Å². The average Bonchev–Trinajstić information content (AvgIpc) is 2.78. The second-order valence-electron chi connectivity index (χ2n) is 4.00. The number of carbonyl (C=O) groups is 2. The third-order valence-electron chi connectivity index (χ3n) is 2.80. The first kappa shape index (κ1) is 10.2. The predicted molar refractivity (Wildman–Crippen MR) is 65.5 cm³/mol. The largest absolute Gasteiger partial charge is 0.331 e. The monoisotopic (exact) mass is 247 g/mol. The molecule has 6 heteroatoms. The molecule has 1 fully saturated rings. The second-order valence-corrected chi connectivity index (χ2v) is 4.41. The highest BCUT2D eigenvalue weighted by Gasteiger charge is 2.28. The summed E-state index contributed by atoms with van der Waals surface area (Å²) in [6, 6.07) is 5.46. The average molecular weight is 247 g/mol. The van der Waals surface area contributed by atoms with Crippen LogP contribution in [0.15, 0.2) is 18.2 Å². The number of nitrogens with one attached hydrogen (secondary N) is 2. The van der Waals surface area contributed by atoms with Gasteiger partial charge in [0.05, 0.1) is 24.0 Å². The lowest BCUT2D eigenvalue weighted by Crippen LogP contribution is -2.24. The zero-order valence-corrected chi connectivity index (χ0v) is 9.63. The van der Waals surface area contributed by atoms with Gasteiger partial charge in [0.25, 0.3) is 0 Å². The quantitative estimate of drug-likeness (QED) is 0.593. The number of aromatic amines is 2. The van der Waals surface area contributed by atoms with Crippen LogP contribution in [0.2, 0.25) is 0 Å².